The van der Waals surface area contributed by atoms with Crippen LogP contribution in [0, 0.1) is 0 Å². The second kappa shape index (κ2) is 3.13. The van der Waals surface area contributed by atoms with Crippen LogP contribution in [0.2, 0.25) is 0 Å². The van der Waals surface area contributed by atoms with Crippen LogP contribution < -0.4 is 5.73 Å². The molecule has 0 spiro atoms. The summed E-state index contributed by atoms with van der Waals surface area (Å²) < 4.78 is 1.73. The van der Waals surface area contributed by atoms with Crippen LogP contribution in [-0.4, -0.2) is 14.8 Å². The number of nitrogen functional groups attached to an aromatic ring is 1. The molecule has 0 radical (unpaired) electrons. The third kappa shape index (κ3) is 1.20. The zero-order valence-corrected chi connectivity index (χ0v) is 8.94. The predicted molar refractivity (Wildman–Crippen MR) is 64.9 cm³/mol. The average molecular weight is 212 g/mol. The minimum Gasteiger partial charge on any atom is -0.382 e. The lowest BCUT2D eigenvalue weighted by atomic mass is 10.1. The van der Waals surface area contributed by atoms with Gasteiger partial charge in [0.15, 0.2) is 5.82 Å². The number of nitrogens with zero attached hydrogens (tertiary/aromatic N) is 2. The fraction of sp³-hybridized carbons (Fsp3) is 0.0833. The number of fused-ring (bicyclic) bond motifs is 1. The van der Waals surface area contributed by atoms with Gasteiger partial charge in [0.2, 0.25) is 0 Å². The summed E-state index contributed by atoms with van der Waals surface area (Å²) in [4.78, 5) is 3.23. The van der Waals surface area contributed by atoms with Crippen molar-refractivity contribution in [3.63, 3.8) is 0 Å². The first kappa shape index (κ1) is 9.03. The highest BCUT2D eigenvalue weighted by atomic mass is 15.3. The van der Waals surface area contributed by atoms with Gasteiger partial charge in [-0.15, -0.1) is 0 Å². The minimum absolute atomic E-state index is 0.562. The lowest BCUT2D eigenvalue weighted by molar-refractivity contribution is 0.772. The van der Waals surface area contributed by atoms with E-state index in [2.05, 4.69) is 16.1 Å². The molecule has 16 heavy (non-hydrogen) atoms. The van der Waals surface area contributed by atoms with Crippen LogP contribution in [0.15, 0.2) is 36.7 Å². The van der Waals surface area contributed by atoms with Gasteiger partial charge in [-0.25, -0.2) is 0 Å². The fourth-order valence-corrected chi connectivity index (χ4v) is 2.01. The van der Waals surface area contributed by atoms with Gasteiger partial charge in [-0.2, -0.15) is 5.10 Å². The van der Waals surface area contributed by atoms with Gasteiger partial charge in [0, 0.05) is 41.5 Å². The number of benzene rings is 1. The first-order valence-corrected chi connectivity index (χ1v) is 5.11. The highest BCUT2D eigenvalue weighted by Crippen LogP contribution is 2.31. The maximum atomic E-state index is 5.88. The summed E-state index contributed by atoms with van der Waals surface area (Å²) in [6.45, 7) is 0. The van der Waals surface area contributed by atoms with E-state index >= 15 is 0 Å². The van der Waals surface area contributed by atoms with Crippen LogP contribution in [0.25, 0.3) is 22.0 Å². The summed E-state index contributed by atoms with van der Waals surface area (Å²) in [6, 6.07) is 8.15. The van der Waals surface area contributed by atoms with Crippen molar-refractivity contribution in [2.45, 2.75) is 0 Å². The van der Waals surface area contributed by atoms with Gasteiger partial charge in [-0.1, -0.05) is 18.2 Å². The number of nitrogens with two attached hydrogens (primary N) is 1. The van der Waals surface area contributed by atoms with E-state index in [1.54, 1.807) is 4.68 Å². The quantitative estimate of drug-likeness (QED) is 0.649. The predicted octanol–water partition coefficient (Wildman–Crippen LogP) is 2.15. The zero-order valence-electron chi connectivity index (χ0n) is 8.94. The Hall–Kier alpha value is -2.23. The first-order valence-electron chi connectivity index (χ1n) is 5.11. The topological polar surface area (TPSA) is 59.6 Å². The fourth-order valence-electron chi connectivity index (χ4n) is 2.01. The summed E-state index contributed by atoms with van der Waals surface area (Å²) >= 11 is 0. The molecule has 0 amide bonds. The Labute approximate surface area is 92.7 Å². The van der Waals surface area contributed by atoms with Crippen molar-refractivity contribution in [3.8, 4) is 11.1 Å². The lowest BCUT2D eigenvalue weighted by Crippen LogP contribution is -1.90. The first-order chi connectivity index (χ1) is 7.75. The van der Waals surface area contributed by atoms with E-state index in [0.717, 1.165) is 16.6 Å². The molecule has 2 heterocycles. The van der Waals surface area contributed by atoms with Gasteiger partial charge in [0.25, 0.3) is 0 Å². The molecule has 3 N–H and O–H groups in total. The molecule has 3 rings (SSSR count). The van der Waals surface area contributed by atoms with E-state index in [-0.39, 0.29) is 0 Å². The van der Waals surface area contributed by atoms with Crippen LogP contribution in [0.5, 0.6) is 0 Å². The normalized spacial score (nSPS) is 11.1. The summed E-state index contributed by atoms with van der Waals surface area (Å²) in [5.41, 5.74) is 9.06. The van der Waals surface area contributed by atoms with Crippen molar-refractivity contribution in [1.82, 2.24) is 14.8 Å². The van der Waals surface area contributed by atoms with E-state index in [9.17, 15) is 0 Å². The molecule has 1 aromatic carbocycles. The number of hydrogen-bond acceptors (Lipinski definition) is 2. The van der Waals surface area contributed by atoms with Crippen molar-refractivity contribution in [2.75, 3.05) is 5.73 Å². The molecule has 0 bridgehead atoms. The molecular weight excluding hydrogens is 200 g/mol. The van der Waals surface area contributed by atoms with E-state index in [4.69, 9.17) is 5.73 Å². The van der Waals surface area contributed by atoms with Gasteiger partial charge >= 0.3 is 0 Å². The maximum absolute atomic E-state index is 5.88. The number of aromatic amines is 1. The van der Waals surface area contributed by atoms with E-state index < -0.39 is 0 Å². The van der Waals surface area contributed by atoms with Crippen molar-refractivity contribution in [1.29, 1.82) is 0 Å². The molecule has 0 aliphatic carbocycles. The monoisotopic (exact) mass is 212 g/mol. The van der Waals surface area contributed by atoms with Crippen LogP contribution in [0.3, 0.4) is 0 Å². The van der Waals surface area contributed by atoms with Crippen molar-refractivity contribution in [2.24, 2.45) is 7.05 Å². The zero-order chi connectivity index (χ0) is 11.1. The Kier molecular flexibility index (Phi) is 1.77. The molecular formula is C12H12N4. The number of nitrogens with one attached hydrogen (secondary N) is 1. The Morgan fingerprint density at radius 1 is 1.25 bits per heavy atom. The standard InChI is InChI=1S/C12H12N4/c1-16-7-10(12(13)15-16)9-6-14-11-5-3-2-4-8(9)11/h2-7,14H,1H3,(H2,13,15). The van der Waals surface area contributed by atoms with Gasteiger partial charge in [0.05, 0.1) is 0 Å². The van der Waals surface area contributed by atoms with Crippen molar-refractivity contribution in [3.05, 3.63) is 36.7 Å². The van der Waals surface area contributed by atoms with E-state index in [1.165, 1.54) is 5.39 Å². The molecule has 0 atom stereocenters. The molecule has 80 valence electrons. The number of aryl methyl sites for hydroxylation is 1. The van der Waals surface area contributed by atoms with Crippen molar-refractivity contribution < 1.29 is 0 Å². The smallest absolute Gasteiger partial charge is 0.153 e. The third-order valence-corrected chi connectivity index (χ3v) is 2.74. The summed E-state index contributed by atoms with van der Waals surface area (Å²) in [5, 5.41) is 5.32. The molecule has 0 saturated heterocycles. The summed E-state index contributed by atoms with van der Waals surface area (Å²) in [5.74, 6) is 0.562. The Morgan fingerprint density at radius 2 is 2.06 bits per heavy atom. The lowest BCUT2D eigenvalue weighted by Gasteiger charge is -1.95. The van der Waals surface area contributed by atoms with Gasteiger partial charge < -0.3 is 10.7 Å². The van der Waals surface area contributed by atoms with Crippen LogP contribution in [0.1, 0.15) is 0 Å². The highest BCUT2D eigenvalue weighted by Gasteiger charge is 2.11. The van der Waals surface area contributed by atoms with Gasteiger partial charge in [-0.05, 0) is 6.07 Å². The molecule has 4 nitrogen and oxygen atoms in total. The van der Waals surface area contributed by atoms with Crippen LogP contribution in [0.4, 0.5) is 5.82 Å². The molecule has 4 heteroatoms. The van der Waals surface area contributed by atoms with E-state index in [0.29, 0.717) is 5.82 Å². The molecule has 0 aliphatic rings. The number of H-pyrrole nitrogens is 1. The highest BCUT2D eigenvalue weighted by molar-refractivity contribution is 5.97. The number of hydrogen-bond donors (Lipinski definition) is 2. The van der Waals surface area contributed by atoms with E-state index in [1.807, 2.05) is 37.6 Å². The Morgan fingerprint density at radius 3 is 2.81 bits per heavy atom. The van der Waals surface area contributed by atoms with Crippen LogP contribution in [-0.2, 0) is 7.05 Å². The number of rotatable bonds is 1. The Bertz CT molecular complexity index is 648. The number of anilines is 1. The van der Waals surface area contributed by atoms with Gasteiger partial charge in [0.1, 0.15) is 0 Å². The number of aromatic nitrogens is 3. The maximum Gasteiger partial charge on any atom is 0.153 e. The molecule has 0 saturated carbocycles. The van der Waals surface area contributed by atoms with Crippen LogP contribution >= 0.6 is 0 Å². The summed E-state index contributed by atoms with van der Waals surface area (Å²) in [6.07, 6.45) is 3.91. The average Bonchev–Trinajstić information content (AvgIpc) is 2.81. The SMILES string of the molecule is Cn1cc(-c2c[nH]c3ccccc23)c(N)n1. The second-order valence-electron chi connectivity index (χ2n) is 3.85. The third-order valence-electron chi connectivity index (χ3n) is 2.74. The van der Waals surface area contributed by atoms with Gasteiger partial charge in [-0.3, -0.25) is 4.68 Å². The Balaban J connectivity index is 2.30. The van der Waals surface area contributed by atoms with Crippen molar-refractivity contribution >= 4 is 16.7 Å². The summed E-state index contributed by atoms with van der Waals surface area (Å²) in [7, 11) is 1.87. The minimum atomic E-state index is 0.562. The second-order valence-corrected chi connectivity index (χ2v) is 3.85. The molecule has 0 aliphatic heterocycles. The molecule has 0 fully saturated rings. The largest absolute Gasteiger partial charge is 0.382 e. The molecule has 2 aromatic heterocycles. The molecule has 0 unspecified atom stereocenters. The number of para-hydroxylation sites is 1. The molecule has 3 aromatic rings.